The molecule has 0 fully saturated rings. The first-order valence-electron chi connectivity index (χ1n) is 12.0. The van der Waals surface area contributed by atoms with E-state index in [1.807, 2.05) is 6.07 Å². The molecule has 3 aromatic rings. The van der Waals surface area contributed by atoms with Crippen LogP contribution in [0.5, 0.6) is 0 Å². The zero-order valence-corrected chi connectivity index (χ0v) is 21.4. The molecule has 0 amide bonds. The van der Waals surface area contributed by atoms with Crippen LogP contribution in [0.25, 0.3) is 6.08 Å². The minimum atomic E-state index is -2.53. The first-order chi connectivity index (χ1) is 15.9. The molecule has 33 heavy (non-hydrogen) atoms. The average molecular weight is 459 g/mol. The van der Waals surface area contributed by atoms with Gasteiger partial charge < -0.3 is 9.53 Å². The highest BCUT2D eigenvalue weighted by Crippen LogP contribution is 2.37. The van der Waals surface area contributed by atoms with E-state index in [4.69, 9.17) is 4.43 Å². The quantitative estimate of drug-likeness (QED) is 0.383. The van der Waals surface area contributed by atoms with E-state index in [0.717, 1.165) is 6.42 Å². The number of rotatable bonds is 10. The molecule has 0 aliphatic rings. The van der Waals surface area contributed by atoms with Gasteiger partial charge in [-0.1, -0.05) is 131 Å². The molecule has 0 heterocycles. The zero-order valence-electron chi connectivity index (χ0n) is 20.4. The largest absolute Gasteiger partial charge is 0.407 e. The Bertz CT molecular complexity index is 939. The van der Waals surface area contributed by atoms with Crippen LogP contribution in [0, 0.1) is 11.8 Å². The summed E-state index contributed by atoms with van der Waals surface area (Å²) < 4.78 is 7.07. The minimum absolute atomic E-state index is 0.0341. The van der Waals surface area contributed by atoms with Gasteiger partial charge in [-0.3, -0.25) is 0 Å². The van der Waals surface area contributed by atoms with Gasteiger partial charge in [0, 0.05) is 13.2 Å². The topological polar surface area (TPSA) is 29.5 Å². The van der Waals surface area contributed by atoms with Gasteiger partial charge in [0.1, 0.15) is 0 Å². The third-order valence-electron chi connectivity index (χ3n) is 6.54. The fraction of sp³-hybridized carbons (Fsp3) is 0.333. The molecule has 3 rings (SSSR count). The van der Waals surface area contributed by atoms with E-state index in [9.17, 15) is 5.11 Å². The van der Waals surface area contributed by atoms with Crippen LogP contribution in [0.2, 0.25) is 5.04 Å². The lowest BCUT2D eigenvalue weighted by molar-refractivity contribution is 0.184. The third-order valence-corrected chi connectivity index (χ3v) is 11.6. The molecule has 174 valence electrons. The number of aliphatic hydroxyl groups is 1. The lowest BCUT2D eigenvalue weighted by atomic mass is 9.91. The molecular formula is C30H38O2Si. The van der Waals surface area contributed by atoms with Gasteiger partial charge in [0.2, 0.25) is 0 Å². The summed E-state index contributed by atoms with van der Waals surface area (Å²) in [6.45, 7) is 9.86. The summed E-state index contributed by atoms with van der Waals surface area (Å²) >= 11 is 0. The molecule has 1 N–H and O–H groups in total. The van der Waals surface area contributed by atoms with Crippen LogP contribution >= 0.6 is 0 Å². The maximum Gasteiger partial charge on any atom is 0.261 e. The molecule has 0 aliphatic heterocycles. The van der Waals surface area contributed by atoms with Crippen molar-refractivity contribution >= 4 is 24.8 Å². The monoisotopic (exact) mass is 458 g/mol. The van der Waals surface area contributed by atoms with Crippen LogP contribution in [-0.2, 0) is 4.43 Å². The third kappa shape index (κ3) is 6.11. The molecule has 0 saturated carbocycles. The van der Waals surface area contributed by atoms with Crippen LogP contribution in [-0.4, -0.2) is 26.6 Å². The van der Waals surface area contributed by atoms with Crippen molar-refractivity contribution in [3.05, 3.63) is 103 Å². The van der Waals surface area contributed by atoms with Crippen LogP contribution in [0.4, 0.5) is 0 Å². The van der Waals surface area contributed by atoms with Gasteiger partial charge >= 0.3 is 0 Å². The number of hydrogen-bond acceptors (Lipinski definition) is 2. The van der Waals surface area contributed by atoms with E-state index in [0.29, 0.717) is 6.61 Å². The number of hydrogen-bond donors (Lipinski definition) is 1. The Labute approximate surface area is 201 Å². The number of aliphatic hydroxyl groups excluding tert-OH is 1. The molecule has 3 aromatic carbocycles. The van der Waals surface area contributed by atoms with Gasteiger partial charge in [0.05, 0.1) is 0 Å². The second-order valence-corrected chi connectivity index (χ2v) is 14.2. The summed E-state index contributed by atoms with van der Waals surface area (Å²) in [6.07, 6.45) is 5.28. The predicted octanol–water partition coefficient (Wildman–Crippen LogP) is 5.91. The summed E-state index contributed by atoms with van der Waals surface area (Å²) in [5, 5.41) is 12.4. The fourth-order valence-electron chi connectivity index (χ4n) is 4.61. The smallest absolute Gasteiger partial charge is 0.261 e. The highest BCUT2D eigenvalue weighted by Gasteiger charge is 2.50. The molecular weight excluding hydrogens is 420 g/mol. The lowest BCUT2D eigenvalue weighted by Crippen LogP contribution is -2.66. The van der Waals surface area contributed by atoms with E-state index in [1.165, 1.54) is 15.9 Å². The molecule has 2 nitrogen and oxygen atoms in total. The first-order valence-corrected chi connectivity index (χ1v) is 13.9. The summed E-state index contributed by atoms with van der Waals surface area (Å²) in [5.74, 6) is 0.418. The molecule has 0 bridgehead atoms. The molecule has 0 unspecified atom stereocenters. The van der Waals surface area contributed by atoms with Crippen molar-refractivity contribution in [3.8, 4) is 0 Å². The number of allylic oxidation sites excluding steroid dienone is 1. The molecule has 0 aliphatic carbocycles. The first kappa shape index (κ1) is 25.2. The van der Waals surface area contributed by atoms with Gasteiger partial charge in [0.15, 0.2) is 0 Å². The molecule has 0 aromatic heterocycles. The van der Waals surface area contributed by atoms with E-state index in [2.05, 4.69) is 125 Å². The Morgan fingerprint density at radius 3 is 1.76 bits per heavy atom. The van der Waals surface area contributed by atoms with Crippen molar-refractivity contribution in [2.45, 2.75) is 39.2 Å². The Morgan fingerprint density at radius 2 is 1.30 bits per heavy atom. The highest BCUT2D eigenvalue weighted by atomic mass is 28.4. The summed E-state index contributed by atoms with van der Waals surface area (Å²) in [5.41, 5.74) is 1.18. The van der Waals surface area contributed by atoms with Gasteiger partial charge in [0.25, 0.3) is 8.32 Å². The summed E-state index contributed by atoms with van der Waals surface area (Å²) in [7, 11) is -2.53. The normalized spacial score (nSPS) is 14.3. The SMILES string of the molecule is C[C@@H](CO)[C@H](/C=C/c1ccccc1)CCO[Si](c1ccccc1)(c1ccccc1)C(C)(C)C. The lowest BCUT2D eigenvalue weighted by Gasteiger charge is -2.43. The molecule has 2 atom stereocenters. The van der Waals surface area contributed by atoms with Gasteiger partial charge in [-0.05, 0) is 39.2 Å². The maximum atomic E-state index is 9.88. The van der Waals surface area contributed by atoms with Crippen molar-refractivity contribution in [1.82, 2.24) is 0 Å². The molecule has 0 radical (unpaired) electrons. The van der Waals surface area contributed by atoms with Crippen LogP contribution in [0.15, 0.2) is 97.1 Å². The molecule has 0 saturated heterocycles. The second kappa shape index (κ2) is 11.6. The summed E-state index contributed by atoms with van der Waals surface area (Å²) in [6, 6.07) is 31.9. The van der Waals surface area contributed by atoms with Crippen molar-refractivity contribution in [2.75, 3.05) is 13.2 Å². The molecule has 3 heteroatoms. The Kier molecular flexibility index (Phi) is 8.85. The van der Waals surface area contributed by atoms with Crippen LogP contribution in [0.3, 0.4) is 0 Å². The standard InChI is InChI=1S/C30H38O2Si/c1-25(24-31)27(21-20-26-14-8-5-9-15-26)22-23-32-33(30(2,3)4,28-16-10-6-11-17-28)29-18-12-7-13-19-29/h5-21,25,27,31H,22-24H2,1-4H3/b21-20+/t25-,27+/m0/s1. The minimum Gasteiger partial charge on any atom is -0.407 e. The predicted molar refractivity (Wildman–Crippen MR) is 143 cm³/mol. The number of benzene rings is 3. The Morgan fingerprint density at radius 1 is 0.818 bits per heavy atom. The van der Waals surface area contributed by atoms with E-state index in [1.54, 1.807) is 0 Å². The molecule has 0 spiro atoms. The van der Waals surface area contributed by atoms with Crippen LogP contribution in [0.1, 0.15) is 39.7 Å². The highest BCUT2D eigenvalue weighted by molar-refractivity contribution is 6.99. The Hall–Kier alpha value is -2.46. The van der Waals surface area contributed by atoms with Crippen LogP contribution < -0.4 is 10.4 Å². The zero-order chi connectivity index (χ0) is 23.7. The van der Waals surface area contributed by atoms with Crippen molar-refractivity contribution < 1.29 is 9.53 Å². The maximum absolute atomic E-state index is 9.88. The second-order valence-electron chi connectivity index (χ2n) is 9.89. The van der Waals surface area contributed by atoms with E-state index in [-0.39, 0.29) is 23.5 Å². The van der Waals surface area contributed by atoms with Gasteiger partial charge in [-0.15, -0.1) is 0 Å². The Balaban J connectivity index is 1.89. The van der Waals surface area contributed by atoms with Crippen molar-refractivity contribution in [3.63, 3.8) is 0 Å². The van der Waals surface area contributed by atoms with E-state index < -0.39 is 8.32 Å². The van der Waals surface area contributed by atoms with Crippen molar-refractivity contribution in [2.24, 2.45) is 11.8 Å². The van der Waals surface area contributed by atoms with Gasteiger partial charge in [-0.25, -0.2) is 0 Å². The fourth-order valence-corrected chi connectivity index (χ4v) is 9.19. The summed E-state index contributed by atoms with van der Waals surface area (Å²) in [4.78, 5) is 0. The van der Waals surface area contributed by atoms with E-state index >= 15 is 0 Å². The van der Waals surface area contributed by atoms with Crippen molar-refractivity contribution in [1.29, 1.82) is 0 Å². The average Bonchev–Trinajstić information content (AvgIpc) is 2.84. The van der Waals surface area contributed by atoms with Gasteiger partial charge in [-0.2, -0.15) is 0 Å².